The van der Waals surface area contributed by atoms with E-state index >= 15 is 0 Å². The van der Waals surface area contributed by atoms with Gasteiger partial charge in [-0.3, -0.25) is 4.99 Å². The third-order valence-corrected chi connectivity index (χ3v) is 2.93. The van der Waals surface area contributed by atoms with Crippen molar-refractivity contribution in [2.24, 2.45) is 10.7 Å². The lowest BCUT2D eigenvalue weighted by molar-refractivity contribution is 0.186. The van der Waals surface area contributed by atoms with Gasteiger partial charge < -0.3 is 16.2 Å². The van der Waals surface area contributed by atoms with Gasteiger partial charge in [-0.1, -0.05) is 18.5 Å². The molecule has 2 atom stereocenters. The van der Waals surface area contributed by atoms with Gasteiger partial charge in [-0.25, -0.2) is 4.39 Å². The van der Waals surface area contributed by atoms with E-state index < -0.39 is 11.9 Å². The summed E-state index contributed by atoms with van der Waals surface area (Å²) in [5.41, 5.74) is 6.04. The van der Waals surface area contributed by atoms with Crippen molar-refractivity contribution in [1.82, 2.24) is 5.32 Å². The standard InChI is InChI=1S/C13H19ClFN3O/c1-3-8(2)18-13(16)17-7-12(19)9-4-10(14)6-11(15)5-9/h4-6,8,12,19H,3,7H2,1-2H3,(H3,16,17,18). The number of nitrogens with zero attached hydrogens (tertiary/aromatic N) is 1. The smallest absolute Gasteiger partial charge is 0.188 e. The van der Waals surface area contributed by atoms with E-state index in [1.54, 1.807) is 0 Å². The zero-order chi connectivity index (χ0) is 14.4. The van der Waals surface area contributed by atoms with Crippen molar-refractivity contribution in [1.29, 1.82) is 0 Å². The van der Waals surface area contributed by atoms with Gasteiger partial charge in [0.05, 0.1) is 12.6 Å². The van der Waals surface area contributed by atoms with Gasteiger partial charge in [0.15, 0.2) is 5.96 Å². The van der Waals surface area contributed by atoms with Gasteiger partial charge in [0.2, 0.25) is 0 Å². The summed E-state index contributed by atoms with van der Waals surface area (Å²) in [6.07, 6.45) is -0.0244. The number of guanidine groups is 1. The molecule has 0 aromatic heterocycles. The van der Waals surface area contributed by atoms with Crippen LogP contribution in [0.15, 0.2) is 23.2 Å². The number of nitrogens with two attached hydrogens (primary N) is 1. The molecule has 106 valence electrons. The van der Waals surface area contributed by atoms with Gasteiger partial charge >= 0.3 is 0 Å². The van der Waals surface area contributed by atoms with E-state index in [0.29, 0.717) is 5.56 Å². The zero-order valence-corrected chi connectivity index (χ0v) is 11.8. The highest BCUT2D eigenvalue weighted by molar-refractivity contribution is 6.30. The van der Waals surface area contributed by atoms with Crippen LogP contribution >= 0.6 is 11.6 Å². The van der Waals surface area contributed by atoms with Crippen molar-refractivity contribution >= 4 is 17.6 Å². The van der Waals surface area contributed by atoms with E-state index in [-0.39, 0.29) is 23.6 Å². The van der Waals surface area contributed by atoms with Crippen molar-refractivity contribution in [3.05, 3.63) is 34.6 Å². The fourth-order valence-electron chi connectivity index (χ4n) is 1.46. The lowest BCUT2D eigenvalue weighted by Crippen LogP contribution is -2.38. The minimum atomic E-state index is -0.939. The molecule has 0 saturated heterocycles. The average molecular weight is 288 g/mol. The molecular weight excluding hydrogens is 269 g/mol. The van der Waals surface area contributed by atoms with Crippen LogP contribution in [0.2, 0.25) is 5.02 Å². The van der Waals surface area contributed by atoms with Gasteiger partial charge in [-0.05, 0) is 37.1 Å². The van der Waals surface area contributed by atoms with Crippen molar-refractivity contribution < 1.29 is 9.50 Å². The third kappa shape index (κ3) is 5.44. The monoisotopic (exact) mass is 287 g/mol. The van der Waals surface area contributed by atoms with E-state index in [1.165, 1.54) is 18.2 Å². The number of aliphatic hydroxyl groups excluding tert-OH is 1. The third-order valence-electron chi connectivity index (χ3n) is 2.71. The number of halogens is 2. The second-order valence-electron chi connectivity index (χ2n) is 4.40. The molecule has 0 saturated carbocycles. The molecule has 0 fully saturated rings. The molecule has 0 spiro atoms. The summed E-state index contributed by atoms with van der Waals surface area (Å²) in [4.78, 5) is 4.02. The highest BCUT2D eigenvalue weighted by Gasteiger charge is 2.10. The molecule has 0 heterocycles. The number of hydrogen-bond donors (Lipinski definition) is 3. The first-order valence-corrected chi connectivity index (χ1v) is 6.50. The van der Waals surface area contributed by atoms with Crippen LogP contribution in [0.4, 0.5) is 4.39 Å². The topological polar surface area (TPSA) is 70.6 Å². The van der Waals surface area contributed by atoms with Gasteiger partial charge in [-0.15, -0.1) is 0 Å². The van der Waals surface area contributed by atoms with E-state index in [2.05, 4.69) is 10.3 Å². The molecule has 1 rings (SSSR count). The van der Waals surface area contributed by atoms with E-state index in [0.717, 1.165) is 6.42 Å². The average Bonchev–Trinajstić information content (AvgIpc) is 2.34. The summed E-state index contributed by atoms with van der Waals surface area (Å²) < 4.78 is 13.1. The first-order chi connectivity index (χ1) is 8.92. The second-order valence-corrected chi connectivity index (χ2v) is 4.83. The van der Waals surface area contributed by atoms with Crippen LogP contribution < -0.4 is 11.1 Å². The Morgan fingerprint density at radius 3 is 2.79 bits per heavy atom. The highest BCUT2D eigenvalue weighted by atomic mass is 35.5. The minimum Gasteiger partial charge on any atom is -0.386 e. The molecule has 0 aliphatic carbocycles. The first kappa shape index (κ1) is 15.7. The Morgan fingerprint density at radius 1 is 1.53 bits per heavy atom. The van der Waals surface area contributed by atoms with Crippen LogP contribution in [0.25, 0.3) is 0 Å². The van der Waals surface area contributed by atoms with Crippen LogP contribution in [-0.2, 0) is 0 Å². The Labute approximate surface area is 117 Å². The summed E-state index contributed by atoms with van der Waals surface area (Å²) in [5, 5.41) is 13.1. The number of nitrogens with one attached hydrogen (secondary N) is 1. The summed E-state index contributed by atoms with van der Waals surface area (Å²) >= 11 is 5.72. The Hall–Kier alpha value is -1.33. The molecule has 0 bridgehead atoms. The lowest BCUT2D eigenvalue weighted by atomic mass is 10.1. The molecule has 19 heavy (non-hydrogen) atoms. The first-order valence-electron chi connectivity index (χ1n) is 6.13. The Kier molecular flexibility index (Phi) is 6.05. The quantitative estimate of drug-likeness (QED) is 0.574. The Morgan fingerprint density at radius 2 is 2.21 bits per heavy atom. The van der Waals surface area contributed by atoms with Crippen molar-refractivity contribution in [2.75, 3.05) is 6.54 Å². The molecule has 1 aromatic rings. The normalized spacial score (nSPS) is 15.1. The van der Waals surface area contributed by atoms with Crippen LogP contribution in [-0.4, -0.2) is 23.7 Å². The molecule has 2 unspecified atom stereocenters. The van der Waals surface area contributed by atoms with Gasteiger partial charge in [0.1, 0.15) is 5.82 Å². The zero-order valence-electron chi connectivity index (χ0n) is 11.0. The molecule has 0 aliphatic rings. The van der Waals surface area contributed by atoms with Crippen LogP contribution in [0, 0.1) is 5.82 Å². The number of benzene rings is 1. The SMILES string of the molecule is CCC(C)NC(N)=NCC(O)c1cc(F)cc(Cl)c1. The largest absolute Gasteiger partial charge is 0.386 e. The molecule has 4 nitrogen and oxygen atoms in total. The van der Waals surface area contributed by atoms with Crippen LogP contribution in [0.3, 0.4) is 0 Å². The van der Waals surface area contributed by atoms with Gasteiger partial charge in [0.25, 0.3) is 0 Å². The van der Waals surface area contributed by atoms with Gasteiger partial charge in [-0.2, -0.15) is 0 Å². The number of aliphatic imine (C=N–C) groups is 1. The van der Waals surface area contributed by atoms with Gasteiger partial charge in [0, 0.05) is 11.1 Å². The fourth-order valence-corrected chi connectivity index (χ4v) is 1.69. The van der Waals surface area contributed by atoms with Crippen molar-refractivity contribution in [2.45, 2.75) is 32.4 Å². The fraction of sp³-hybridized carbons (Fsp3) is 0.462. The lowest BCUT2D eigenvalue weighted by Gasteiger charge is -2.13. The summed E-state index contributed by atoms with van der Waals surface area (Å²) in [5.74, 6) is -0.230. The van der Waals surface area contributed by atoms with Crippen molar-refractivity contribution in [3.8, 4) is 0 Å². The molecule has 4 N–H and O–H groups in total. The minimum absolute atomic E-state index is 0.0506. The van der Waals surface area contributed by atoms with E-state index in [1.807, 2.05) is 13.8 Å². The summed E-state index contributed by atoms with van der Waals surface area (Å²) in [6.45, 7) is 4.05. The predicted molar refractivity (Wildman–Crippen MR) is 75.7 cm³/mol. The number of rotatable bonds is 5. The van der Waals surface area contributed by atoms with E-state index in [4.69, 9.17) is 17.3 Å². The molecule has 0 aliphatic heterocycles. The molecule has 0 amide bonds. The Balaban J connectivity index is 2.64. The molecule has 1 aromatic carbocycles. The highest BCUT2D eigenvalue weighted by Crippen LogP contribution is 2.20. The Bertz CT molecular complexity index is 433. The predicted octanol–water partition coefficient (Wildman–Crippen LogP) is 2.22. The second kappa shape index (κ2) is 7.31. The number of hydrogen-bond acceptors (Lipinski definition) is 2. The van der Waals surface area contributed by atoms with E-state index in [9.17, 15) is 9.50 Å². The number of aliphatic hydroxyl groups is 1. The maximum absolute atomic E-state index is 13.1. The molecular formula is C13H19ClFN3O. The van der Waals surface area contributed by atoms with Crippen molar-refractivity contribution in [3.63, 3.8) is 0 Å². The summed E-state index contributed by atoms with van der Waals surface area (Å²) in [7, 11) is 0. The maximum atomic E-state index is 13.1. The molecule has 6 heteroatoms. The summed E-state index contributed by atoms with van der Waals surface area (Å²) in [6, 6.07) is 4.12. The maximum Gasteiger partial charge on any atom is 0.188 e. The molecule has 0 radical (unpaired) electrons. The van der Waals surface area contributed by atoms with Crippen LogP contribution in [0.1, 0.15) is 31.9 Å². The van der Waals surface area contributed by atoms with Crippen LogP contribution in [0.5, 0.6) is 0 Å².